The first-order valence-corrected chi connectivity index (χ1v) is 15.6. The standard InChI is InChI=1S/C23H26N6O6S3/c1-23(2,3)8-9-29-22(31)18(20(30)19(26-29)16-11-24-12-36-16)21-25-15-7-4-13(10-17(15)38(34,35)28-21)27-37(32,33)14-5-6-14/h4,7,10-12,14,27,30H,5-6,8-9H2,1-3H3,(H,25,28). The summed E-state index contributed by atoms with van der Waals surface area (Å²) in [5, 5.41) is 17.8. The highest BCUT2D eigenvalue weighted by Crippen LogP contribution is 2.36. The Balaban J connectivity index is 1.59. The van der Waals surface area contributed by atoms with Crippen molar-refractivity contribution in [2.45, 2.75) is 56.7 Å². The van der Waals surface area contributed by atoms with Crippen molar-refractivity contribution in [2.75, 3.05) is 10.0 Å². The SMILES string of the molecule is CC(C)(C)CCn1nc(-c2cncs2)c(O)c(C2=NS(=O)(=O)c3cc(NS(=O)(=O)C4CC4)ccc3N2)c1=O. The zero-order chi connectivity index (χ0) is 27.5. The molecule has 0 amide bonds. The molecule has 5 rings (SSSR count). The highest BCUT2D eigenvalue weighted by atomic mass is 32.2. The Hall–Kier alpha value is -3.30. The second-order valence-corrected chi connectivity index (χ2v) is 14.8. The Morgan fingerprint density at radius 3 is 2.63 bits per heavy atom. The highest BCUT2D eigenvalue weighted by Gasteiger charge is 2.36. The van der Waals surface area contributed by atoms with Gasteiger partial charge in [0.1, 0.15) is 16.2 Å². The molecular weight excluding hydrogens is 552 g/mol. The summed E-state index contributed by atoms with van der Waals surface area (Å²) >= 11 is 1.20. The predicted octanol–water partition coefficient (Wildman–Crippen LogP) is 2.97. The fraction of sp³-hybridized carbons (Fsp3) is 0.391. The van der Waals surface area contributed by atoms with Crippen LogP contribution in [0, 0.1) is 5.41 Å². The molecule has 3 heterocycles. The number of aromatic hydroxyl groups is 1. The number of aromatic nitrogens is 3. The van der Waals surface area contributed by atoms with E-state index in [2.05, 4.69) is 24.5 Å². The molecule has 15 heteroatoms. The van der Waals surface area contributed by atoms with E-state index >= 15 is 0 Å². The Morgan fingerprint density at radius 2 is 2.00 bits per heavy atom. The van der Waals surface area contributed by atoms with Crippen LogP contribution in [0.2, 0.25) is 0 Å². The van der Waals surface area contributed by atoms with Crippen LogP contribution in [0.5, 0.6) is 5.75 Å². The Labute approximate surface area is 223 Å². The monoisotopic (exact) mass is 578 g/mol. The van der Waals surface area contributed by atoms with Gasteiger partial charge in [0.05, 0.1) is 21.3 Å². The van der Waals surface area contributed by atoms with Crippen LogP contribution in [0.3, 0.4) is 0 Å². The molecule has 38 heavy (non-hydrogen) atoms. The fourth-order valence-electron chi connectivity index (χ4n) is 3.82. The number of nitrogens with zero attached hydrogens (tertiary/aromatic N) is 4. The van der Waals surface area contributed by atoms with Gasteiger partial charge in [-0.3, -0.25) is 14.5 Å². The molecule has 12 nitrogen and oxygen atoms in total. The van der Waals surface area contributed by atoms with E-state index in [1.807, 2.05) is 20.8 Å². The van der Waals surface area contributed by atoms with E-state index in [1.54, 1.807) is 5.51 Å². The maximum absolute atomic E-state index is 13.5. The van der Waals surface area contributed by atoms with Crippen molar-refractivity contribution >= 4 is 48.6 Å². The molecule has 0 atom stereocenters. The second kappa shape index (κ2) is 9.17. The van der Waals surface area contributed by atoms with Gasteiger partial charge in [0.25, 0.3) is 15.6 Å². The van der Waals surface area contributed by atoms with Gasteiger partial charge in [-0.2, -0.15) is 13.5 Å². The van der Waals surface area contributed by atoms with Crippen molar-refractivity contribution in [3.8, 4) is 16.3 Å². The van der Waals surface area contributed by atoms with Crippen LogP contribution in [0.4, 0.5) is 11.4 Å². The van der Waals surface area contributed by atoms with Gasteiger partial charge in [-0.15, -0.1) is 15.7 Å². The average Bonchev–Trinajstić information content (AvgIpc) is 3.55. The third-order valence-corrected chi connectivity index (χ3v) is 10.0. The zero-order valence-corrected chi connectivity index (χ0v) is 23.2. The number of thiazole rings is 1. The molecule has 2 aliphatic rings. The van der Waals surface area contributed by atoms with Gasteiger partial charge in [-0.1, -0.05) is 20.8 Å². The lowest BCUT2D eigenvalue weighted by Crippen LogP contribution is -2.34. The van der Waals surface area contributed by atoms with Gasteiger partial charge in [-0.05, 0) is 42.9 Å². The van der Waals surface area contributed by atoms with Crippen molar-refractivity contribution in [1.29, 1.82) is 0 Å². The zero-order valence-electron chi connectivity index (χ0n) is 20.8. The van der Waals surface area contributed by atoms with E-state index in [-0.39, 0.29) is 45.3 Å². The molecule has 1 aliphatic heterocycles. The third-order valence-electron chi connectivity index (χ3n) is 6.05. The number of sulfonamides is 2. The van der Waals surface area contributed by atoms with Crippen LogP contribution in [-0.2, 0) is 26.6 Å². The molecule has 0 radical (unpaired) electrons. The van der Waals surface area contributed by atoms with Crippen molar-refractivity contribution in [2.24, 2.45) is 9.81 Å². The molecule has 2 aromatic heterocycles. The van der Waals surface area contributed by atoms with Crippen molar-refractivity contribution < 1.29 is 21.9 Å². The molecule has 0 saturated heterocycles. The normalized spacial score (nSPS) is 16.9. The molecule has 1 saturated carbocycles. The maximum Gasteiger partial charge on any atom is 0.286 e. The van der Waals surface area contributed by atoms with Crippen LogP contribution in [0.25, 0.3) is 10.6 Å². The van der Waals surface area contributed by atoms with E-state index in [1.165, 1.54) is 40.4 Å². The molecule has 202 valence electrons. The van der Waals surface area contributed by atoms with Crippen LogP contribution >= 0.6 is 11.3 Å². The fourth-order valence-corrected chi connectivity index (χ4v) is 6.96. The Bertz CT molecular complexity index is 1720. The molecule has 3 N–H and O–H groups in total. The first kappa shape index (κ1) is 26.3. The van der Waals surface area contributed by atoms with Crippen LogP contribution in [-0.4, -0.2) is 47.8 Å². The van der Waals surface area contributed by atoms with Crippen LogP contribution in [0.15, 0.2) is 44.0 Å². The summed E-state index contributed by atoms with van der Waals surface area (Å²) in [6.07, 6.45) is 3.19. The highest BCUT2D eigenvalue weighted by molar-refractivity contribution is 7.93. The summed E-state index contributed by atoms with van der Waals surface area (Å²) in [6.45, 7) is 6.26. The summed E-state index contributed by atoms with van der Waals surface area (Å²) < 4.78 is 58.4. The number of anilines is 2. The molecule has 0 bridgehead atoms. The van der Waals surface area contributed by atoms with E-state index in [9.17, 15) is 26.7 Å². The van der Waals surface area contributed by atoms with Crippen LogP contribution in [0.1, 0.15) is 45.6 Å². The summed E-state index contributed by atoms with van der Waals surface area (Å²) in [7, 11) is -7.97. The minimum absolute atomic E-state index is 0.0773. The summed E-state index contributed by atoms with van der Waals surface area (Å²) in [6, 6.07) is 3.97. The van der Waals surface area contributed by atoms with Gasteiger partial charge < -0.3 is 10.4 Å². The number of hydrogen-bond donors (Lipinski definition) is 3. The molecule has 0 unspecified atom stereocenters. The van der Waals surface area contributed by atoms with Gasteiger partial charge in [-0.25, -0.2) is 13.1 Å². The number of rotatable bonds is 7. The lowest BCUT2D eigenvalue weighted by Gasteiger charge is -2.22. The van der Waals surface area contributed by atoms with Gasteiger partial charge >= 0.3 is 0 Å². The lowest BCUT2D eigenvalue weighted by molar-refractivity contribution is 0.335. The first-order valence-electron chi connectivity index (χ1n) is 11.8. The number of fused-ring (bicyclic) bond motifs is 1. The summed E-state index contributed by atoms with van der Waals surface area (Å²) in [5.41, 5.74) is 0.625. The van der Waals surface area contributed by atoms with E-state index in [4.69, 9.17) is 0 Å². The maximum atomic E-state index is 13.5. The minimum Gasteiger partial charge on any atom is -0.505 e. The molecule has 1 aromatic carbocycles. The predicted molar refractivity (Wildman–Crippen MR) is 145 cm³/mol. The molecule has 1 fully saturated rings. The van der Waals surface area contributed by atoms with E-state index in [0.29, 0.717) is 24.1 Å². The average molecular weight is 579 g/mol. The van der Waals surface area contributed by atoms with Crippen molar-refractivity contribution in [1.82, 2.24) is 14.8 Å². The number of benzene rings is 1. The Kier molecular flexibility index (Phi) is 6.35. The van der Waals surface area contributed by atoms with Crippen molar-refractivity contribution in [3.05, 3.63) is 45.8 Å². The number of amidine groups is 1. The lowest BCUT2D eigenvalue weighted by atomic mass is 9.92. The minimum atomic E-state index is -4.37. The van der Waals surface area contributed by atoms with Gasteiger partial charge in [0.15, 0.2) is 11.6 Å². The topological polar surface area (TPSA) is 173 Å². The summed E-state index contributed by atoms with van der Waals surface area (Å²) in [5.74, 6) is -0.881. The van der Waals surface area contributed by atoms with Gasteiger partial charge in [0, 0.05) is 18.4 Å². The Morgan fingerprint density at radius 1 is 1.26 bits per heavy atom. The van der Waals surface area contributed by atoms with Crippen LogP contribution < -0.4 is 15.6 Å². The molecule has 0 spiro atoms. The molecule has 1 aliphatic carbocycles. The number of aryl methyl sites for hydroxylation is 1. The van der Waals surface area contributed by atoms with E-state index < -0.39 is 36.6 Å². The molecular formula is C23H26N6O6S3. The molecule has 3 aromatic rings. The quantitative estimate of drug-likeness (QED) is 0.381. The number of hydrogen-bond acceptors (Lipinski definition) is 10. The largest absolute Gasteiger partial charge is 0.505 e. The first-order chi connectivity index (χ1) is 17.7. The second-order valence-electron chi connectivity index (χ2n) is 10.4. The smallest absolute Gasteiger partial charge is 0.286 e. The van der Waals surface area contributed by atoms with E-state index in [0.717, 1.165) is 0 Å². The third kappa shape index (κ3) is 5.17. The van der Waals surface area contributed by atoms with Gasteiger partial charge in [0.2, 0.25) is 10.0 Å². The van der Waals surface area contributed by atoms with Crippen molar-refractivity contribution in [3.63, 3.8) is 0 Å². The summed E-state index contributed by atoms with van der Waals surface area (Å²) in [4.78, 5) is 17.7. The number of nitrogens with one attached hydrogen (secondary N) is 2.